The van der Waals surface area contributed by atoms with Crippen LogP contribution in [-0.4, -0.2) is 20.7 Å². The zero-order valence-corrected chi connectivity index (χ0v) is 14.7. The van der Waals surface area contributed by atoms with E-state index in [9.17, 15) is 9.18 Å². The third-order valence-electron chi connectivity index (χ3n) is 4.50. The van der Waals surface area contributed by atoms with E-state index in [1.54, 1.807) is 16.8 Å². The predicted molar refractivity (Wildman–Crippen MR) is 99.2 cm³/mol. The largest absolute Gasteiger partial charge is 0.348 e. The molecule has 0 fully saturated rings. The fraction of sp³-hybridized carbons (Fsp3) is 0.150. The summed E-state index contributed by atoms with van der Waals surface area (Å²) in [6, 6.07) is 15.3. The van der Waals surface area contributed by atoms with Crippen LogP contribution in [0.25, 0.3) is 0 Å². The van der Waals surface area contributed by atoms with Crippen LogP contribution in [0, 0.1) is 5.82 Å². The van der Waals surface area contributed by atoms with Crippen LogP contribution < -0.4 is 10.6 Å². The number of allylic oxidation sites excluding steroid dienone is 1. The first-order valence-corrected chi connectivity index (χ1v) is 8.58. The van der Waals surface area contributed by atoms with E-state index >= 15 is 0 Å². The summed E-state index contributed by atoms with van der Waals surface area (Å²) in [5.74, 6) is -0.0879. The molecule has 136 valence electrons. The van der Waals surface area contributed by atoms with Gasteiger partial charge in [0.1, 0.15) is 18.2 Å². The smallest absolute Gasteiger partial charge is 0.251 e. The Labute approximate surface area is 155 Å². The number of nitrogens with one attached hydrogen (secondary N) is 2. The first kappa shape index (κ1) is 17.0. The Hall–Kier alpha value is -3.48. The summed E-state index contributed by atoms with van der Waals surface area (Å²) in [7, 11) is 0. The van der Waals surface area contributed by atoms with Crippen molar-refractivity contribution in [2.45, 2.75) is 19.5 Å². The molecule has 3 aromatic rings. The maximum atomic E-state index is 13.8. The molecule has 0 aliphatic carbocycles. The van der Waals surface area contributed by atoms with Gasteiger partial charge in [-0.15, -0.1) is 0 Å². The van der Waals surface area contributed by atoms with Crippen LogP contribution in [0.4, 0.5) is 10.3 Å². The van der Waals surface area contributed by atoms with Crippen LogP contribution >= 0.6 is 0 Å². The lowest BCUT2D eigenvalue weighted by atomic mass is 9.95. The van der Waals surface area contributed by atoms with Gasteiger partial charge in [0, 0.05) is 12.2 Å². The summed E-state index contributed by atoms with van der Waals surface area (Å²) in [5, 5.41) is 10.3. The van der Waals surface area contributed by atoms with Crippen LogP contribution in [0.15, 0.2) is 72.2 Å². The van der Waals surface area contributed by atoms with Gasteiger partial charge >= 0.3 is 0 Å². The molecule has 2 N–H and O–H groups in total. The highest BCUT2D eigenvalue weighted by Gasteiger charge is 2.33. The van der Waals surface area contributed by atoms with Gasteiger partial charge < -0.3 is 10.6 Å². The standard InChI is InChI=1S/C20H18FN5O/c1-13-17(19(27)22-11-14-6-3-2-4-7-14)18(15-8-5-9-16(21)10-15)26-20(25-13)23-12-24-26/h2-10,12,18H,11H2,1H3,(H,22,27)(H,23,24,25). The van der Waals surface area contributed by atoms with Crippen molar-refractivity contribution in [3.05, 3.63) is 89.1 Å². The first-order chi connectivity index (χ1) is 13.1. The molecule has 1 aromatic heterocycles. The van der Waals surface area contributed by atoms with Crippen LogP contribution in [0.2, 0.25) is 0 Å². The number of amides is 1. The molecule has 0 saturated heterocycles. The highest BCUT2D eigenvalue weighted by Crippen LogP contribution is 2.34. The Bertz CT molecular complexity index is 1010. The van der Waals surface area contributed by atoms with Crippen molar-refractivity contribution in [1.29, 1.82) is 0 Å². The lowest BCUT2D eigenvalue weighted by Crippen LogP contribution is -2.34. The Morgan fingerprint density at radius 3 is 2.81 bits per heavy atom. The average Bonchev–Trinajstić information content (AvgIpc) is 3.13. The Kier molecular flexibility index (Phi) is 4.42. The van der Waals surface area contributed by atoms with Crippen LogP contribution in [0.1, 0.15) is 24.1 Å². The number of rotatable bonds is 4. The van der Waals surface area contributed by atoms with Crippen molar-refractivity contribution in [3.8, 4) is 0 Å². The number of halogens is 1. The number of hydrogen-bond acceptors (Lipinski definition) is 4. The normalized spacial score (nSPS) is 15.9. The van der Waals surface area contributed by atoms with Crippen molar-refractivity contribution in [2.75, 3.05) is 5.32 Å². The molecule has 6 nitrogen and oxygen atoms in total. The minimum Gasteiger partial charge on any atom is -0.348 e. The van der Waals surface area contributed by atoms with E-state index in [1.165, 1.54) is 18.5 Å². The molecule has 1 aliphatic rings. The van der Waals surface area contributed by atoms with E-state index in [-0.39, 0.29) is 11.7 Å². The summed E-state index contributed by atoms with van der Waals surface area (Å²) in [4.78, 5) is 17.2. The number of aromatic nitrogens is 3. The van der Waals surface area contributed by atoms with E-state index in [1.807, 2.05) is 37.3 Å². The molecule has 1 unspecified atom stereocenters. The predicted octanol–water partition coefficient (Wildman–Crippen LogP) is 3.02. The first-order valence-electron chi connectivity index (χ1n) is 8.58. The third-order valence-corrected chi connectivity index (χ3v) is 4.50. The van der Waals surface area contributed by atoms with Crippen LogP contribution in [-0.2, 0) is 11.3 Å². The summed E-state index contributed by atoms with van der Waals surface area (Å²) in [5.41, 5.74) is 2.77. The van der Waals surface area contributed by atoms with Crippen LogP contribution in [0.3, 0.4) is 0 Å². The molecule has 0 radical (unpaired) electrons. The quantitative estimate of drug-likeness (QED) is 0.747. The van der Waals surface area contributed by atoms with E-state index in [4.69, 9.17) is 0 Å². The highest BCUT2D eigenvalue weighted by molar-refractivity contribution is 5.96. The third kappa shape index (κ3) is 3.31. The lowest BCUT2D eigenvalue weighted by molar-refractivity contribution is -0.118. The van der Waals surface area contributed by atoms with Crippen molar-refractivity contribution >= 4 is 11.9 Å². The number of fused-ring (bicyclic) bond motifs is 1. The molecule has 2 heterocycles. The Balaban J connectivity index is 1.69. The second-order valence-electron chi connectivity index (χ2n) is 6.32. The molecule has 0 saturated carbocycles. The van der Waals surface area contributed by atoms with Crippen molar-refractivity contribution in [1.82, 2.24) is 20.1 Å². The van der Waals surface area contributed by atoms with Crippen molar-refractivity contribution in [2.24, 2.45) is 0 Å². The molecule has 27 heavy (non-hydrogen) atoms. The van der Waals surface area contributed by atoms with Gasteiger partial charge in [0.25, 0.3) is 5.91 Å². The summed E-state index contributed by atoms with van der Waals surface area (Å²) >= 11 is 0. The summed E-state index contributed by atoms with van der Waals surface area (Å²) < 4.78 is 15.4. The van der Waals surface area contributed by atoms with Gasteiger partial charge in [-0.3, -0.25) is 4.79 Å². The molecule has 1 atom stereocenters. The number of carbonyl (C=O) groups excluding carboxylic acids is 1. The van der Waals surface area contributed by atoms with Gasteiger partial charge in [-0.05, 0) is 30.2 Å². The van der Waals surface area contributed by atoms with Crippen molar-refractivity contribution < 1.29 is 9.18 Å². The van der Waals surface area contributed by atoms with E-state index in [0.29, 0.717) is 29.3 Å². The van der Waals surface area contributed by atoms with Gasteiger partial charge in [0.2, 0.25) is 5.95 Å². The monoisotopic (exact) mass is 363 g/mol. The minimum atomic E-state index is -0.560. The maximum absolute atomic E-state index is 13.8. The van der Waals surface area contributed by atoms with Crippen LogP contribution in [0.5, 0.6) is 0 Å². The zero-order chi connectivity index (χ0) is 18.8. The topological polar surface area (TPSA) is 71.8 Å². The van der Waals surface area contributed by atoms with Gasteiger partial charge in [-0.2, -0.15) is 10.1 Å². The average molecular weight is 363 g/mol. The van der Waals surface area contributed by atoms with Gasteiger partial charge in [-0.25, -0.2) is 9.07 Å². The molecular weight excluding hydrogens is 345 g/mol. The van der Waals surface area contributed by atoms with Gasteiger partial charge in [-0.1, -0.05) is 42.5 Å². The number of anilines is 1. The molecule has 1 aliphatic heterocycles. The van der Waals surface area contributed by atoms with Gasteiger partial charge in [0.15, 0.2) is 0 Å². The SMILES string of the molecule is CC1=C(C(=O)NCc2ccccc2)C(c2cccc(F)c2)n2ncnc2N1. The fourth-order valence-corrected chi connectivity index (χ4v) is 3.24. The molecule has 2 aromatic carbocycles. The molecule has 0 spiro atoms. The molecule has 7 heteroatoms. The number of nitrogens with zero attached hydrogens (tertiary/aromatic N) is 3. The molecule has 4 rings (SSSR count). The molecular formula is C20H18FN5O. The Morgan fingerprint density at radius 2 is 2.04 bits per heavy atom. The zero-order valence-electron chi connectivity index (χ0n) is 14.7. The second kappa shape index (κ2) is 7.03. The van der Waals surface area contributed by atoms with Gasteiger partial charge in [0.05, 0.1) is 5.57 Å². The van der Waals surface area contributed by atoms with Crippen molar-refractivity contribution in [3.63, 3.8) is 0 Å². The summed E-state index contributed by atoms with van der Waals surface area (Å²) in [6.07, 6.45) is 1.41. The Morgan fingerprint density at radius 1 is 1.22 bits per heavy atom. The van der Waals surface area contributed by atoms with E-state index in [2.05, 4.69) is 20.7 Å². The fourth-order valence-electron chi connectivity index (χ4n) is 3.24. The number of hydrogen-bond donors (Lipinski definition) is 2. The van der Waals surface area contributed by atoms with E-state index < -0.39 is 6.04 Å². The second-order valence-corrected chi connectivity index (χ2v) is 6.32. The maximum Gasteiger partial charge on any atom is 0.251 e. The minimum absolute atomic E-state index is 0.237. The van der Waals surface area contributed by atoms with E-state index in [0.717, 1.165) is 5.56 Å². The summed E-state index contributed by atoms with van der Waals surface area (Å²) in [6.45, 7) is 2.21. The lowest BCUT2D eigenvalue weighted by Gasteiger charge is -2.28. The highest BCUT2D eigenvalue weighted by atomic mass is 19.1. The number of benzene rings is 2. The molecule has 0 bridgehead atoms. The molecule has 1 amide bonds. The number of carbonyl (C=O) groups is 1.